The van der Waals surface area contributed by atoms with E-state index in [1.165, 1.54) is 0 Å². The second-order valence-electron chi connectivity index (χ2n) is 3.75. The third kappa shape index (κ3) is 2.14. The van der Waals surface area contributed by atoms with E-state index in [9.17, 15) is 0 Å². The van der Waals surface area contributed by atoms with Gasteiger partial charge in [0.1, 0.15) is 11.5 Å². The molecule has 0 aliphatic rings. The quantitative estimate of drug-likeness (QED) is 0.452. The van der Waals surface area contributed by atoms with Crippen LogP contribution in [0.2, 0.25) is 0 Å². The second-order valence-corrected chi connectivity index (χ2v) is 3.75. The van der Waals surface area contributed by atoms with Gasteiger partial charge in [0.15, 0.2) is 0 Å². The van der Waals surface area contributed by atoms with Gasteiger partial charge in [-0.1, -0.05) is 47.5 Å². The van der Waals surface area contributed by atoms with E-state index < -0.39 is 0 Å². The molecular weight excluding hydrogens is 216 g/mol. The summed E-state index contributed by atoms with van der Waals surface area (Å²) >= 11 is 0. The highest BCUT2D eigenvalue weighted by Crippen LogP contribution is 2.32. The van der Waals surface area contributed by atoms with Crippen molar-refractivity contribution in [2.24, 2.45) is 5.11 Å². The monoisotopic (exact) mass is 228 g/mol. The van der Waals surface area contributed by atoms with Crippen LogP contribution < -0.4 is 0 Å². The zero-order valence-electron chi connectivity index (χ0n) is 9.66. The molecule has 5 nitrogen and oxygen atoms in total. The highest BCUT2D eigenvalue weighted by atomic mass is 16.5. The van der Waals surface area contributed by atoms with Crippen LogP contribution in [-0.4, -0.2) is 5.16 Å². The molecular formula is C12H12N4O. The topological polar surface area (TPSA) is 74.8 Å². The molecule has 0 radical (unpaired) electrons. The Morgan fingerprint density at radius 2 is 2.06 bits per heavy atom. The summed E-state index contributed by atoms with van der Waals surface area (Å²) in [4.78, 5) is 2.80. The summed E-state index contributed by atoms with van der Waals surface area (Å²) in [7, 11) is 0. The Bertz CT molecular complexity index is 555. The van der Waals surface area contributed by atoms with Gasteiger partial charge in [-0.15, -0.1) is 0 Å². The van der Waals surface area contributed by atoms with Crippen LogP contribution in [0.3, 0.4) is 0 Å². The summed E-state index contributed by atoms with van der Waals surface area (Å²) in [6.45, 7) is 3.64. The smallest absolute Gasteiger partial charge is 0.141 e. The van der Waals surface area contributed by atoms with Crippen LogP contribution in [-0.2, 0) is 0 Å². The Morgan fingerprint density at radius 1 is 1.35 bits per heavy atom. The van der Waals surface area contributed by atoms with Gasteiger partial charge in [-0.05, 0) is 18.0 Å². The first kappa shape index (κ1) is 11.2. The van der Waals surface area contributed by atoms with E-state index in [-0.39, 0.29) is 6.04 Å². The fourth-order valence-corrected chi connectivity index (χ4v) is 1.76. The number of aromatic nitrogens is 1. The SMILES string of the molecule is Cc1onc(C(C)N=[N+]=[N-])c1-c1ccccc1. The van der Waals surface area contributed by atoms with Crippen LogP contribution in [0.25, 0.3) is 21.6 Å². The van der Waals surface area contributed by atoms with Gasteiger partial charge in [0, 0.05) is 10.5 Å². The van der Waals surface area contributed by atoms with Crippen molar-refractivity contribution in [3.63, 3.8) is 0 Å². The van der Waals surface area contributed by atoms with Crippen LogP contribution in [0.15, 0.2) is 40.0 Å². The largest absolute Gasteiger partial charge is 0.361 e. The molecule has 0 N–H and O–H groups in total. The molecule has 0 bridgehead atoms. The Hall–Kier alpha value is -2.26. The normalized spacial score (nSPS) is 11.9. The van der Waals surface area contributed by atoms with E-state index in [1.807, 2.05) is 37.3 Å². The number of azide groups is 1. The van der Waals surface area contributed by atoms with Crippen LogP contribution in [0.5, 0.6) is 0 Å². The third-order valence-corrected chi connectivity index (χ3v) is 2.57. The number of benzene rings is 1. The number of hydrogen-bond acceptors (Lipinski definition) is 3. The molecule has 1 heterocycles. The maximum Gasteiger partial charge on any atom is 0.141 e. The lowest BCUT2D eigenvalue weighted by Gasteiger charge is -2.04. The molecule has 2 rings (SSSR count). The lowest BCUT2D eigenvalue weighted by Crippen LogP contribution is -1.92. The second kappa shape index (κ2) is 4.72. The van der Waals surface area contributed by atoms with Crippen molar-refractivity contribution in [3.8, 4) is 11.1 Å². The lowest BCUT2D eigenvalue weighted by molar-refractivity contribution is 0.387. The zero-order valence-corrected chi connectivity index (χ0v) is 9.66. The highest BCUT2D eigenvalue weighted by Gasteiger charge is 2.18. The Morgan fingerprint density at radius 3 is 2.71 bits per heavy atom. The van der Waals surface area contributed by atoms with Gasteiger partial charge < -0.3 is 4.52 Å². The first-order valence-electron chi connectivity index (χ1n) is 5.30. The first-order valence-corrected chi connectivity index (χ1v) is 5.30. The van der Waals surface area contributed by atoms with Crippen molar-refractivity contribution in [1.82, 2.24) is 5.16 Å². The molecule has 1 aromatic carbocycles. The van der Waals surface area contributed by atoms with Crippen molar-refractivity contribution >= 4 is 0 Å². The fourth-order valence-electron chi connectivity index (χ4n) is 1.76. The molecule has 0 aliphatic carbocycles. The van der Waals surface area contributed by atoms with Crippen molar-refractivity contribution in [1.29, 1.82) is 0 Å². The van der Waals surface area contributed by atoms with E-state index in [0.717, 1.165) is 16.9 Å². The van der Waals surface area contributed by atoms with Crippen molar-refractivity contribution in [3.05, 3.63) is 52.2 Å². The average Bonchev–Trinajstić information content (AvgIpc) is 2.73. The van der Waals surface area contributed by atoms with E-state index >= 15 is 0 Å². The van der Waals surface area contributed by atoms with Gasteiger partial charge >= 0.3 is 0 Å². The molecule has 0 amide bonds. The van der Waals surface area contributed by atoms with Crippen molar-refractivity contribution in [2.75, 3.05) is 0 Å². The van der Waals surface area contributed by atoms with E-state index in [2.05, 4.69) is 15.2 Å². The number of aryl methyl sites for hydroxylation is 1. The minimum Gasteiger partial charge on any atom is -0.361 e. The maximum atomic E-state index is 8.47. The maximum absolute atomic E-state index is 8.47. The minimum absolute atomic E-state index is 0.340. The molecule has 0 saturated carbocycles. The Balaban J connectivity index is 2.54. The van der Waals surface area contributed by atoms with Crippen LogP contribution in [0.1, 0.15) is 24.4 Å². The van der Waals surface area contributed by atoms with E-state index in [0.29, 0.717) is 5.69 Å². The van der Waals surface area contributed by atoms with Gasteiger partial charge in [0.25, 0.3) is 0 Å². The van der Waals surface area contributed by atoms with Gasteiger partial charge in [-0.3, -0.25) is 0 Å². The van der Waals surface area contributed by atoms with Crippen molar-refractivity contribution < 1.29 is 4.52 Å². The average molecular weight is 228 g/mol. The molecule has 1 aromatic heterocycles. The van der Waals surface area contributed by atoms with Crippen LogP contribution >= 0.6 is 0 Å². The van der Waals surface area contributed by atoms with E-state index in [1.54, 1.807) is 6.92 Å². The highest BCUT2D eigenvalue weighted by molar-refractivity contribution is 5.68. The summed E-state index contributed by atoms with van der Waals surface area (Å²) in [6.07, 6.45) is 0. The molecule has 0 fully saturated rings. The molecule has 0 saturated heterocycles. The molecule has 17 heavy (non-hydrogen) atoms. The summed E-state index contributed by atoms with van der Waals surface area (Å²) in [5.41, 5.74) is 11.1. The standard InChI is InChI=1S/C12H12N4O/c1-8(14-16-13)12-11(9(2)17-15-12)10-6-4-3-5-7-10/h3-8H,1-2H3. The molecule has 2 aromatic rings. The molecule has 1 unspecified atom stereocenters. The van der Waals surface area contributed by atoms with Gasteiger partial charge in [-0.2, -0.15) is 0 Å². The van der Waals surface area contributed by atoms with Crippen molar-refractivity contribution in [2.45, 2.75) is 19.9 Å². The summed E-state index contributed by atoms with van der Waals surface area (Å²) in [5, 5.41) is 7.62. The molecule has 86 valence electrons. The van der Waals surface area contributed by atoms with Gasteiger partial charge in [0.05, 0.1) is 6.04 Å². The van der Waals surface area contributed by atoms with E-state index in [4.69, 9.17) is 10.1 Å². The Kier molecular flexibility index (Phi) is 3.12. The summed E-state index contributed by atoms with van der Waals surface area (Å²) in [5.74, 6) is 0.728. The predicted octanol–water partition coefficient (Wildman–Crippen LogP) is 4.02. The summed E-state index contributed by atoms with van der Waals surface area (Å²) < 4.78 is 5.18. The predicted molar refractivity (Wildman–Crippen MR) is 64.2 cm³/mol. The van der Waals surface area contributed by atoms with Gasteiger partial charge in [0.2, 0.25) is 0 Å². The molecule has 1 atom stereocenters. The third-order valence-electron chi connectivity index (χ3n) is 2.57. The lowest BCUT2D eigenvalue weighted by atomic mass is 10.0. The fraction of sp³-hybridized carbons (Fsp3) is 0.250. The summed E-state index contributed by atoms with van der Waals surface area (Å²) in [6, 6.07) is 9.46. The number of rotatable bonds is 3. The molecule has 0 aliphatic heterocycles. The number of hydrogen-bond donors (Lipinski definition) is 0. The van der Waals surface area contributed by atoms with Gasteiger partial charge in [-0.25, -0.2) is 0 Å². The van der Waals surface area contributed by atoms with Crippen LogP contribution in [0.4, 0.5) is 0 Å². The first-order chi connectivity index (χ1) is 8.24. The molecule has 0 spiro atoms. The Labute approximate surface area is 98.7 Å². The van der Waals surface area contributed by atoms with Crippen LogP contribution in [0, 0.1) is 6.92 Å². The molecule has 5 heteroatoms. The minimum atomic E-state index is -0.340. The zero-order chi connectivity index (χ0) is 12.3. The number of nitrogens with zero attached hydrogens (tertiary/aromatic N) is 4.